The van der Waals surface area contributed by atoms with E-state index in [1.165, 1.54) is 23.4 Å². The molecule has 6 nitrogen and oxygen atoms in total. The Morgan fingerprint density at radius 2 is 1.72 bits per heavy atom. The van der Waals surface area contributed by atoms with Crippen LogP contribution in [-0.4, -0.2) is 14.3 Å². The van der Waals surface area contributed by atoms with Crippen molar-refractivity contribution in [1.29, 1.82) is 0 Å². The van der Waals surface area contributed by atoms with Gasteiger partial charge in [0.2, 0.25) is 0 Å². The van der Waals surface area contributed by atoms with Gasteiger partial charge in [0.15, 0.2) is 5.17 Å². The van der Waals surface area contributed by atoms with Gasteiger partial charge >= 0.3 is 5.69 Å². The molecule has 29 heavy (non-hydrogen) atoms. The highest BCUT2D eigenvalue weighted by atomic mass is 35.5. The Labute approximate surface area is 176 Å². The average molecular weight is 427 g/mol. The molecule has 1 aliphatic heterocycles. The van der Waals surface area contributed by atoms with Crippen molar-refractivity contribution in [1.82, 2.24) is 9.13 Å². The lowest BCUT2D eigenvalue weighted by atomic mass is 9.99. The van der Waals surface area contributed by atoms with Crippen molar-refractivity contribution in [3.05, 3.63) is 97.1 Å². The number of halogens is 1. The van der Waals surface area contributed by atoms with Crippen molar-refractivity contribution in [3.8, 4) is 0 Å². The second kappa shape index (κ2) is 7.93. The Morgan fingerprint density at radius 1 is 1.03 bits per heavy atom. The van der Waals surface area contributed by atoms with Crippen LogP contribution in [0.4, 0.5) is 5.82 Å². The smallest absolute Gasteiger partial charge is 0.320 e. The minimum atomic E-state index is -0.594. The number of amidine groups is 1. The second-order valence-corrected chi connectivity index (χ2v) is 8.10. The molecule has 0 bridgehead atoms. The minimum Gasteiger partial charge on any atom is -0.320 e. The Balaban J connectivity index is 1.83. The first-order chi connectivity index (χ1) is 14.0. The highest BCUT2D eigenvalue weighted by Crippen LogP contribution is 2.37. The third-order valence-electron chi connectivity index (χ3n) is 4.86. The van der Waals surface area contributed by atoms with Crippen LogP contribution in [0, 0.1) is 0 Å². The summed E-state index contributed by atoms with van der Waals surface area (Å²) in [5.41, 5.74) is 1.52. The third kappa shape index (κ3) is 3.63. The highest BCUT2D eigenvalue weighted by Gasteiger charge is 2.31. The fraction of sp³-hybridized carbons (Fsp3) is 0.190. The van der Waals surface area contributed by atoms with Crippen molar-refractivity contribution in [3.63, 3.8) is 0 Å². The predicted molar refractivity (Wildman–Crippen MR) is 119 cm³/mol. The molecule has 3 aromatic rings. The molecule has 148 valence electrons. The fourth-order valence-corrected chi connectivity index (χ4v) is 4.39. The molecule has 1 unspecified atom stereocenters. The summed E-state index contributed by atoms with van der Waals surface area (Å²) in [4.78, 5) is 30.2. The maximum absolute atomic E-state index is 13.0. The zero-order valence-electron chi connectivity index (χ0n) is 15.9. The molecule has 4 rings (SSSR count). The molecule has 0 saturated carbocycles. The van der Waals surface area contributed by atoms with E-state index in [9.17, 15) is 9.59 Å². The van der Waals surface area contributed by atoms with Gasteiger partial charge in [0.25, 0.3) is 5.56 Å². The zero-order valence-corrected chi connectivity index (χ0v) is 17.5. The van der Waals surface area contributed by atoms with Crippen LogP contribution in [0.3, 0.4) is 0 Å². The van der Waals surface area contributed by atoms with Gasteiger partial charge in [-0.25, -0.2) is 9.79 Å². The van der Waals surface area contributed by atoms with Gasteiger partial charge in [-0.1, -0.05) is 71.9 Å². The van der Waals surface area contributed by atoms with Crippen LogP contribution in [0.5, 0.6) is 0 Å². The maximum atomic E-state index is 13.0. The molecule has 1 N–H and O–H groups in total. The summed E-state index contributed by atoms with van der Waals surface area (Å²) in [7, 11) is 3.11. The lowest BCUT2D eigenvalue weighted by Crippen LogP contribution is -2.43. The van der Waals surface area contributed by atoms with Gasteiger partial charge in [0.05, 0.1) is 5.56 Å². The SMILES string of the molecule is Cn1c2c(c(=O)n(C)c1=O)C(c1ccccc1Cl)N=C(SCc1ccccc1)N2. The van der Waals surface area contributed by atoms with Gasteiger partial charge in [-0.05, 0) is 11.6 Å². The third-order valence-corrected chi connectivity index (χ3v) is 6.17. The van der Waals surface area contributed by atoms with E-state index < -0.39 is 11.7 Å². The Bertz CT molecular complexity index is 1220. The number of thioether (sulfide) groups is 1. The molecule has 1 aliphatic rings. The normalized spacial score (nSPS) is 15.4. The standard InChI is InChI=1S/C21H19ClN4O2S/c1-25-18-16(19(27)26(2)21(25)28)17(14-10-6-7-11-15(14)22)23-20(24-18)29-12-13-8-4-3-5-9-13/h3-11,17H,12H2,1-2H3,(H,23,24). The number of hydrogen-bond donors (Lipinski definition) is 1. The number of anilines is 1. The molecule has 2 aromatic carbocycles. The first kappa shape index (κ1) is 19.5. The minimum absolute atomic E-state index is 0.378. The summed E-state index contributed by atoms with van der Waals surface area (Å²) < 4.78 is 2.54. The van der Waals surface area contributed by atoms with Gasteiger partial charge in [0.1, 0.15) is 11.9 Å². The topological polar surface area (TPSA) is 68.4 Å². The summed E-state index contributed by atoms with van der Waals surface area (Å²) in [6.07, 6.45) is 0. The summed E-state index contributed by atoms with van der Waals surface area (Å²) in [5, 5.41) is 4.34. The Hall–Kier alpha value is -2.77. The molecule has 0 spiro atoms. The van der Waals surface area contributed by atoms with E-state index >= 15 is 0 Å². The number of aliphatic imine (C=N–C) groups is 1. The summed E-state index contributed by atoms with van der Waals surface area (Å²) in [6, 6.07) is 16.8. The van der Waals surface area contributed by atoms with Crippen molar-refractivity contribution >= 4 is 34.3 Å². The van der Waals surface area contributed by atoms with Gasteiger partial charge < -0.3 is 5.32 Å². The number of nitrogens with one attached hydrogen (secondary N) is 1. The van der Waals surface area contributed by atoms with Crippen molar-refractivity contribution in [2.45, 2.75) is 11.8 Å². The van der Waals surface area contributed by atoms with E-state index in [0.29, 0.717) is 27.3 Å². The van der Waals surface area contributed by atoms with E-state index in [1.54, 1.807) is 13.1 Å². The van der Waals surface area contributed by atoms with E-state index in [2.05, 4.69) is 5.32 Å². The molecular weight excluding hydrogens is 408 g/mol. The lowest BCUT2D eigenvalue weighted by molar-refractivity contribution is 0.659. The quantitative estimate of drug-likeness (QED) is 0.695. The largest absolute Gasteiger partial charge is 0.332 e. The van der Waals surface area contributed by atoms with Crippen LogP contribution in [-0.2, 0) is 19.8 Å². The molecule has 1 aromatic heterocycles. The maximum Gasteiger partial charge on any atom is 0.332 e. The van der Waals surface area contributed by atoms with E-state index in [0.717, 1.165) is 15.7 Å². The van der Waals surface area contributed by atoms with Gasteiger partial charge in [-0.15, -0.1) is 0 Å². The molecule has 0 aliphatic carbocycles. The fourth-order valence-electron chi connectivity index (χ4n) is 3.30. The van der Waals surface area contributed by atoms with Crippen LogP contribution < -0.4 is 16.6 Å². The van der Waals surface area contributed by atoms with Crippen molar-refractivity contribution in [2.75, 3.05) is 5.32 Å². The van der Waals surface area contributed by atoms with Crippen LogP contribution in [0.25, 0.3) is 0 Å². The van der Waals surface area contributed by atoms with Crippen LogP contribution in [0.15, 0.2) is 69.2 Å². The molecule has 0 amide bonds. The summed E-state index contributed by atoms with van der Waals surface area (Å²) in [5.74, 6) is 1.16. The summed E-state index contributed by atoms with van der Waals surface area (Å²) >= 11 is 7.95. The molecule has 2 heterocycles. The van der Waals surface area contributed by atoms with Crippen molar-refractivity contribution < 1.29 is 0 Å². The highest BCUT2D eigenvalue weighted by molar-refractivity contribution is 8.13. The van der Waals surface area contributed by atoms with Crippen LogP contribution in [0.2, 0.25) is 5.02 Å². The second-order valence-electron chi connectivity index (χ2n) is 6.73. The monoisotopic (exact) mass is 426 g/mol. The number of hydrogen-bond acceptors (Lipinski definition) is 5. The van der Waals surface area contributed by atoms with E-state index in [4.69, 9.17) is 16.6 Å². The van der Waals surface area contributed by atoms with Gasteiger partial charge in [0, 0.05) is 30.4 Å². The number of benzene rings is 2. The van der Waals surface area contributed by atoms with Crippen LogP contribution in [0.1, 0.15) is 22.7 Å². The average Bonchev–Trinajstić information content (AvgIpc) is 2.75. The number of fused-ring (bicyclic) bond motifs is 1. The van der Waals surface area contributed by atoms with Gasteiger partial charge in [-0.3, -0.25) is 13.9 Å². The molecule has 0 radical (unpaired) electrons. The first-order valence-corrected chi connectivity index (χ1v) is 10.4. The van der Waals surface area contributed by atoms with E-state index in [1.807, 2.05) is 48.5 Å². The molecule has 1 atom stereocenters. The molecule has 0 saturated heterocycles. The predicted octanol–water partition coefficient (Wildman–Crippen LogP) is 3.54. The van der Waals surface area contributed by atoms with E-state index in [-0.39, 0.29) is 5.56 Å². The molecule has 8 heteroatoms. The summed E-state index contributed by atoms with van der Waals surface area (Å²) in [6.45, 7) is 0. The molecular formula is C21H19ClN4O2S. The molecule has 0 fully saturated rings. The Kier molecular flexibility index (Phi) is 5.34. The first-order valence-electron chi connectivity index (χ1n) is 9.03. The Morgan fingerprint density at radius 3 is 2.45 bits per heavy atom. The number of nitrogens with zero attached hydrogens (tertiary/aromatic N) is 3. The van der Waals surface area contributed by atoms with Gasteiger partial charge in [-0.2, -0.15) is 0 Å². The lowest BCUT2D eigenvalue weighted by Gasteiger charge is -2.27. The van der Waals surface area contributed by atoms with Crippen molar-refractivity contribution in [2.24, 2.45) is 19.1 Å². The number of aromatic nitrogens is 2. The zero-order chi connectivity index (χ0) is 20.5. The van der Waals surface area contributed by atoms with Crippen LogP contribution >= 0.6 is 23.4 Å². The number of rotatable bonds is 3.